The quantitative estimate of drug-likeness (QED) is 0.0156. The Morgan fingerprint density at radius 1 is 0.500 bits per heavy atom. The lowest BCUT2D eigenvalue weighted by Crippen LogP contribution is -2.67. The van der Waals surface area contributed by atoms with E-state index in [1.165, 1.54) is 64.2 Å². The molecule has 2 heterocycles. The second-order valence-corrected chi connectivity index (χ2v) is 25.5. The van der Waals surface area contributed by atoms with Gasteiger partial charge in [-0.3, -0.25) is 14.1 Å². The molecule has 0 spiro atoms. The van der Waals surface area contributed by atoms with Crippen molar-refractivity contribution in [2.75, 3.05) is 26.4 Å². The van der Waals surface area contributed by atoms with Gasteiger partial charge in [0, 0.05) is 26.2 Å². The van der Waals surface area contributed by atoms with E-state index < -0.39 is 93.8 Å². The van der Waals surface area contributed by atoms with Crippen molar-refractivity contribution in [2.45, 2.75) is 364 Å². The molecule has 18 nitrogen and oxygen atoms in total. The Balaban J connectivity index is 2.30. The third-order valence-corrected chi connectivity index (χ3v) is 17.0. The highest BCUT2D eigenvalue weighted by atomic mass is 31.2. The second kappa shape index (κ2) is 51.2. The first-order valence-electron chi connectivity index (χ1n) is 34.2. The van der Waals surface area contributed by atoms with Crippen LogP contribution in [0, 0.1) is 0 Å². The van der Waals surface area contributed by atoms with Crippen LogP contribution in [-0.2, 0) is 42.4 Å². The van der Waals surface area contributed by atoms with E-state index in [0.717, 1.165) is 148 Å². The van der Waals surface area contributed by atoms with Crippen LogP contribution in [0.1, 0.15) is 291 Å². The number of phosphoric ester groups is 1. The van der Waals surface area contributed by atoms with Crippen LogP contribution in [0.3, 0.4) is 0 Å². The predicted octanol–water partition coefficient (Wildman–Crippen LogP) is 12.4. The van der Waals surface area contributed by atoms with Crippen LogP contribution in [0.15, 0.2) is 12.2 Å². The molecule has 9 N–H and O–H groups in total. The molecule has 0 aromatic carbocycles. The number of hydrogen-bond acceptors (Lipinski definition) is 14. The number of hydrogen-bond donors (Lipinski definition) is 9. The third-order valence-electron chi connectivity index (χ3n) is 16.5. The highest BCUT2D eigenvalue weighted by molar-refractivity contribution is 7.46. The molecular weight excluding hydrogens is 1100 g/mol. The van der Waals surface area contributed by atoms with Crippen LogP contribution in [-0.4, -0.2) is 147 Å². The molecule has 2 aliphatic rings. The molecule has 0 aromatic rings. The summed E-state index contributed by atoms with van der Waals surface area (Å²) in [6, 6.07) is -2.57. The van der Waals surface area contributed by atoms with E-state index in [4.69, 9.17) is 28.2 Å². The molecule has 496 valence electrons. The Kier molecular flexibility index (Phi) is 47.8. The van der Waals surface area contributed by atoms with Crippen molar-refractivity contribution in [2.24, 2.45) is 0 Å². The number of rotatable bonds is 56. The number of nitrogens with one attached hydrogen (secondary N) is 2. The van der Waals surface area contributed by atoms with Crippen LogP contribution >= 0.6 is 7.82 Å². The van der Waals surface area contributed by atoms with Crippen molar-refractivity contribution in [1.29, 1.82) is 0 Å². The minimum absolute atomic E-state index is 0.0254. The zero-order valence-corrected chi connectivity index (χ0v) is 54.0. The lowest BCUT2D eigenvalue weighted by Gasteiger charge is -2.47. The average Bonchev–Trinajstić information content (AvgIpc) is 2.85. The number of phosphoric acid groups is 1. The summed E-state index contributed by atoms with van der Waals surface area (Å²) in [6.45, 7) is 8.02. The van der Waals surface area contributed by atoms with E-state index in [1.807, 2.05) is 0 Å². The number of ether oxygens (including phenoxy) is 5. The zero-order valence-electron chi connectivity index (χ0n) is 53.2. The third kappa shape index (κ3) is 38.1. The SMILES string of the molecule is CCCCCC/C=C\CCCCCCCCCC(=O)N[C@H]1[C@H](OC[C@H]2O[C@H](OP(=O)(O)O)[C@H](NC(=O)CC(O)CCCCCCCCCCC)[C@@H](OCCCCCCCCCC)[C@@H]2O)O[C@H](CCO)[C@@H](O)[C@@H]1OCCC(O)CCCCCCC. The monoisotopic (exact) mass is 1220 g/mol. The number of carbonyl (C=O) groups excluding carboxylic acids is 2. The van der Waals surface area contributed by atoms with Gasteiger partial charge in [-0.2, -0.15) is 0 Å². The van der Waals surface area contributed by atoms with Crippen LogP contribution in [0.2, 0.25) is 0 Å². The summed E-state index contributed by atoms with van der Waals surface area (Å²) >= 11 is 0. The molecule has 12 atom stereocenters. The van der Waals surface area contributed by atoms with E-state index >= 15 is 0 Å². The standard InChI is InChI=1S/C65H125N2O16P/c1-5-9-13-17-20-23-24-25-26-27-28-30-32-36-40-44-56(71)66-58-62(79-49-46-52(69)42-38-34-16-12-8-4)60(73)54(45-47-68)81-64(58)80-51-55-61(74)63(78-48-41-37-33-22-19-15-11-7-3)59(65(82-55)83-84(75,76)77)67-57(72)50-53(70)43-39-35-31-29-21-18-14-10-6-2/h23-24,52-55,58-65,68-70,73-74H,5-22,25-51H2,1-4H3,(H,66,71)(H,67,72)(H2,75,76,77)/b24-23-/t52?,53?,54-,55-,58-,59-,60-,61-,62-,63-,64-,65-/m1/s1. The molecule has 2 aliphatic heterocycles. The first-order chi connectivity index (χ1) is 40.7. The average molecular weight is 1220 g/mol. The van der Waals surface area contributed by atoms with E-state index in [1.54, 1.807) is 0 Å². The van der Waals surface area contributed by atoms with Crippen LogP contribution in [0.25, 0.3) is 0 Å². The van der Waals surface area contributed by atoms with Crippen molar-refractivity contribution < 1.29 is 77.7 Å². The van der Waals surface area contributed by atoms with Gasteiger partial charge in [-0.1, -0.05) is 226 Å². The second-order valence-electron chi connectivity index (χ2n) is 24.3. The van der Waals surface area contributed by atoms with Gasteiger partial charge in [0.15, 0.2) is 12.6 Å². The molecule has 2 amide bonds. The summed E-state index contributed by atoms with van der Waals surface area (Å²) in [5.74, 6) is -0.980. The molecule has 84 heavy (non-hydrogen) atoms. The van der Waals surface area contributed by atoms with Crippen molar-refractivity contribution in [3.05, 3.63) is 12.2 Å². The Bertz CT molecular complexity index is 1650. The molecule has 0 radical (unpaired) electrons. The summed E-state index contributed by atoms with van der Waals surface area (Å²) in [6.07, 6.45) is 30.5. The van der Waals surface area contributed by atoms with Crippen molar-refractivity contribution in [1.82, 2.24) is 10.6 Å². The Morgan fingerprint density at radius 3 is 1.44 bits per heavy atom. The molecule has 0 aromatic heterocycles. The van der Waals surface area contributed by atoms with Gasteiger partial charge in [0.2, 0.25) is 11.8 Å². The first kappa shape index (κ1) is 78.5. The number of amides is 2. The molecule has 19 heteroatoms. The lowest BCUT2D eigenvalue weighted by molar-refractivity contribution is -0.300. The van der Waals surface area contributed by atoms with Gasteiger partial charge in [0.05, 0.1) is 31.3 Å². The summed E-state index contributed by atoms with van der Waals surface area (Å²) < 4.78 is 49.4. The molecular formula is C65H125N2O16P. The summed E-state index contributed by atoms with van der Waals surface area (Å²) in [5.41, 5.74) is 0. The topological polar surface area (TPSA) is 272 Å². The van der Waals surface area contributed by atoms with Gasteiger partial charge in [-0.15, -0.1) is 0 Å². The Labute approximate surface area is 509 Å². The van der Waals surface area contributed by atoms with Crippen molar-refractivity contribution in [3.8, 4) is 0 Å². The van der Waals surface area contributed by atoms with Gasteiger partial charge in [-0.25, -0.2) is 4.57 Å². The molecule has 2 unspecified atom stereocenters. The molecule has 2 rings (SSSR count). The predicted molar refractivity (Wildman–Crippen MR) is 332 cm³/mol. The molecule has 0 bridgehead atoms. The Morgan fingerprint density at radius 2 is 0.917 bits per heavy atom. The lowest BCUT2D eigenvalue weighted by atomic mass is 9.94. The summed E-state index contributed by atoms with van der Waals surface area (Å²) in [5, 5.41) is 61.6. The maximum absolute atomic E-state index is 13.9. The van der Waals surface area contributed by atoms with Gasteiger partial charge < -0.3 is 69.6 Å². The van der Waals surface area contributed by atoms with Crippen LogP contribution < -0.4 is 10.6 Å². The first-order valence-corrected chi connectivity index (χ1v) is 35.7. The fourth-order valence-corrected chi connectivity index (χ4v) is 11.8. The maximum atomic E-state index is 13.9. The minimum atomic E-state index is -5.32. The number of aliphatic hydroxyl groups is 5. The molecule has 0 aliphatic carbocycles. The van der Waals surface area contributed by atoms with Crippen LogP contribution in [0.5, 0.6) is 0 Å². The van der Waals surface area contributed by atoms with Gasteiger partial charge in [0.25, 0.3) is 0 Å². The highest BCUT2D eigenvalue weighted by Gasteiger charge is 2.51. The van der Waals surface area contributed by atoms with Gasteiger partial charge in [0.1, 0.15) is 42.6 Å². The molecule has 2 saturated heterocycles. The number of aliphatic hydroxyl groups excluding tert-OH is 5. The van der Waals surface area contributed by atoms with Gasteiger partial charge in [-0.05, 0) is 64.2 Å². The number of unbranched alkanes of at least 4 members (excludes halogenated alkanes) is 30. The summed E-state index contributed by atoms with van der Waals surface area (Å²) in [7, 11) is -5.32. The van der Waals surface area contributed by atoms with Crippen LogP contribution in [0.4, 0.5) is 0 Å². The normalized spacial score (nSPS) is 23.8. The number of allylic oxidation sites excluding steroid dienone is 2. The highest BCUT2D eigenvalue weighted by Crippen LogP contribution is 2.41. The molecule has 2 fully saturated rings. The zero-order chi connectivity index (χ0) is 61.5. The largest absolute Gasteiger partial charge is 0.472 e. The Hall–Kier alpha value is -1.61. The molecule has 0 saturated carbocycles. The van der Waals surface area contributed by atoms with Crippen molar-refractivity contribution in [3.63, 3.8) is 0 Å². The van der Waals surface area contributed by atoms with Gasteiger partial charge >= 0.3 is 7.82 Å². The van der Waals surface area contributed by atoms with E-state index in [9.17, 15) is 49.5 Å². The van der Waals surface area contributed by atoms with E-state index in [0.29, 0.717) is 25.7 Å². The fourth-order valence-electron chi connectivity index (χ4n) is 11.4. The van der Waals surface area contributed by atoms with E-state index in [-0.39, 0.29) is 51.4 Å². The fraction of sp³-hybridized carbons (Fsp3) is 0.938. The number of carbonyl (C=O) groups is 2. The van der Waals surface area contributed by atoms with Crippen molar-refractivity contribution >= 4 is 19.6 Å². The summed E-state index contributed by atoms with van der Waals surface area (Å²) in [4.78, 5) is 48.0. The smallest absolute Gasteiger partial charge is 0.396 e. The minimum Gasteiger partial charge on any atom is -0.396 e. The maximum Gasteiger partial charge on any atom is 0.472 e. The van der Waals surface area contributed by atoms with E-state index in [2.05, 4.69) is 50.5 Å².